The van der Waals surface area contributed by atoms with Gasteiger partial charge < -0.3 is 4.74 Å². The van der Waals surface area contributed by atoms with Gasteiger partial charge in [-0.2, -0.15) is 0 Å². The summed E-state index contributed by atoms with van der Waals surface area (Å²) in [6.45, 7) is 4.75. The largest absolute Gasteiger partial charge is 0.378 e. The summed E-state index contributed by atoms with van der Waals surface area (Å²) in [5.74, 6) is 0.640. The van der Waals surface area contributed by atoms with Gasteiger partial charge >= 0.3 is 0 Å². The van der Waals surface area contributed by atoms with Gasteiger partial charge in [-0.3, -0.25) is 4.79 Å². The van der Waals surface area contributed by atoms with Crippen molar-refractivity contribution in [1.82, 2.24) is 0 Å². The lowest BCUT2D eigenvalue weighted by molar-refractivity contribution is -0.121. The fourth-order valence-electron chi connectivity index (χ4n) is 1.34. The quantitative estimate of drug-likeness (QED) is 0.606. The molecule has 0 radical (unpaired) electrons. The topological polar surface area (TPSA) is 26.3 Å². The molecule has 0 bridgehead atoms. The molecule has 0 heterocycles. The van der Waals surface area contributed by atoms with E-state index in [4.69, 9.17) is 4.74 Å². The van der Waals surface area contributed by atoms with E-state index in [1.165, 1.54) is 0 Å². The average molecular weight is 156 g/mol. The predicted molar refractivity (Wildman–Crippen MR) is 43.4 cm³/mol. The summed E-state index contributed by atoms with van der Waals surface area (Å²) in [6.07, 6.45) is 2.92. The number of Topliss-reactive ketones (excluding diaryl/α,β-unsaturated/α-hetero) is 1. The number of carbonyl (C=O) groups excluding carboxylic acids is 1. The van der Waals surface area contributed by atoms with Gasteiger partial charge in [0.2, 0.25) is 0 Å². The van der Waals surface area contributed by atoms with E-state index in [9.17, 15) is 4.79 Å². The second-order valence-corrected chi connectivity index (χ2v) is 3.05. The van der Waals surface area contributed by atoms with Crippen molar-refractivity contribution in [2.24, 2.45) is 5.92 Å². The second kappa shape index (κ2) is 3.86. The summed E-state index contributed by atoms with van der Waals surface area (Å²) >= 11 is 0. The van der Waals surface area contributed by atoms with Crippen LogP contribution in [0.3, 0.4) is 0 Å². The Hall–Kier alpha value is -0.370. The fourth-order valence-corrected chi connectivity index (χ4v) is 1.34. The van der Waals surface area contributed by atoms with Crippen LogP contribution < -0.4 is 0 Å². The highest BCUT2D eigenvalue weighted by molar-refractivity contribution is 5.84. The first kappa shape index (κ1) is 8.72. The van der Waals surface area contributed by atoms with Gasteiger partial charge in [-0.05, 0) is 19.8 Å². The van der Waals surface area contributed by atoms with Crippen LogP contribution in [0.2, 0.25) is 0 Å². The van der Waals surface area contributed by atoms with Crippen LogP contribution in [0.15, 0.2) is 0 Å². The molecule has 0 amide bonds. The Balaban J connectivity index is 2.15. The monoisotopic (exact) mass is 156 g/mol. The third kappa shape index (κ3) is 2.29. The molecule has 1 aliphatic carbocycles. The van der Waals surface area contributed by atoms with Crippen LogP contribution in [0.1, 0.15) is 33.1 Å². The van der Waals surface area contributed by atoms with Crippen molar-refractivity contribution in [3.8, 4) is 0 Å². The Morgan fingerprint density at radius 2 is 2.27 bits per heavy atom. The highest BCUT2D eigenvalue weighted by Gasteiger charge is 2.42. The number of carbonyl (C=O) groups is 1. The van der Waals surface area contributed by atoms with Gasteiger partial charge in [0.1, 0.15) is 5.78 Å². The molecule has 2 heteroatoms. The molecule has 1 aliphatic rings. The Labute approximate surface area is 67.9 Å². The Morgan fingerprint density at radius 1 is 1.55 bits per heavy atom. The van der Waals surface area contributed by atoms with E-state index in [1.54, 1.807) is 0 Å². The van der Waals surface area contributed by atoms with E-state index in [0.29, 0.717) is 5.78 Å². The summed E-state index contributed by atoms with van der Waals surface area (Å²) in [7, 11) is 0. The zero-order chi connectivity index (χ0) is 8.27. The first-order valence-corrected chi connectivity index (χ1v) is 4.43. The molecule has 0 N–H and O–H groups in total. The molecule has 1 fully saturated rings. The maximum absolute atomic E-state index is 11.2. The molecule has 64 valence electrons. The molecule has 0 aromatic carbocycles. The highest BCUT2D eigenvalue weighted by Crippen LogP contribution is 2.35. The minimum atomic E-state index is 0.245. The van der Waals surface area contributed by atoms with Gasteiger partial charge in [0.25, 0.3) is 0 Å². The van der Waals surface area contributed by atoms with Crippen molar-refractivity contribution >= 4 is 5.78 Å². The molecule has 2 nitrogen and oxygen atoms in total. The van der Waals surface area contributed by atoms with E-state index in [-0.39, 0.29) is 12.0 Å². The summed E-state index contributed by atoms with van der Waals surface area (Å²) < 4.78 is 5.31. The van der Waals surface area contributed by atoms with Crippen LogP contribution in [0.5, 0.6) is 0 Å². The molecule has 0 aromatic heterocycles. The highest BCUT2D eigenvalue weighted by atomic mass is 16.5. The third-order valence-corrected chi connectivity index (χ3v) is 2.02. The lowest BCUT2D eigenvalue weighted by atomic mass is 10.1. The minimum Gasteiger partial charge on any atom is -0.378 e. The fraction of sp³-hybridized carbons (Fsp3) is 0.889. The number of hydrogen-bond acceptors (Lipinski definition) is 2. The Bertz CT molecular complexity index is 142. The molecule has 2 atom stereocenters. The predicted octanol–water partition coefficient (Wildman–Crippen LogP) is 1.78. The van der Waals surface area contributed by atoms with Crippen LogP contribution in [0, 0.1) is 5.92 Å². The molecule has 0 saturated heterocycles. The zero-order valence-electron chi connectivity index (χ0n) is 7.30. The molecule has 11 heavy (non-hydrogen) atoms. The van der Waals surface area contributed by atoms with Crippen molar-refractivity contribution in [2.45, 2.75) is 39.2 Å². The summed E-state index contributed by atoms with van der Waals surface area (Å²) in [6, 6.07) is 0. The molecule has 0 spiro atoms. The summed E-state index contributed by atoms with van der Waals surface area (Å²) in [5.41, 5.74) is 0. The molecular formula is C9H16O2. The van der Waals surface area contributed by atoms with Crippen LogP contribution in [-0.4, -0.2) is 18.5 Å². The lowest BCUT2D eigenvalue weighted by Crippen LogP contribution is -2.05. The SMILES string of the molecule is CCCC(=O)C1CC1OCC. The van der Waals surface area contributed by atoms with Gasteiger partial charge in [0.05, 0.1) is 6.10 Å². The van der Waals surface area contributed by atoms with Crippen molar-refractivity contribution in [1.29, 1.82) is 0 Å². The maximum Gasteiger partial charge on any atom is 0.138 e. The van der Waals surface area contributed by atoms with E-state index < -0.39 is 0 Å². The number of rotatable bonds is 5. The number of hydrogen-bond donors (Lipinski definition) is 0. The zero-order valence-corrected chi connectivity index (χ0v) is 7.30. The van der Waals surface area contributed by atoms with Crippen LogP contribution in [0.4, 0.5) is 0 Å². The Morgan fingerprint density at radius 3 is 2.82 bits per heavy atom. The lowest BCUT2D eigenvalue weighted by Gasteiger charge is -1.97. The second-order valence-electron chi connectivity index (χ2n) is 3.05. The summed E-state index contributed by atoms with van der Waals surface area (Å²) in [5, 5.41) is 0. The van der Waals surface area contributed by atoms with Crippen LogP contribution in [-0.2, 0) is 9.53 Å². The van der Waals surface area contributed by atoms with Gasteiger partial charge in [-0.25, -0.2) is 0 Å². The van der Waals surface area contributed by atoms with E-state index in [2.05, 4.69) is 0 Å². The molecule has 1 saturated carbocycles. The van der Waals surface area contributed by atoms with Crippen LogP contribution in [0.25, 0.3) is 0 Å². The molecule has 0 aromatic rings. The smallest absolute Gasteiger partial charge is 0.138 e. The van der Waals surface area contributed by atoms with Gasteiger partial charge in [0.15, 0.2) is 0 Å². The standard InChI is InChI=1S/C9H16O2/c1-3-5-8(10)7-6-9(7)11-4-2/h7,9H,3-6H2,1-2H3. The molecule has 1 rings (SSSR count). The van der Waals surface area contributed by atoms with Crippen molar-refractivity contribution in [3.05, 3.63) is 0 Å². The first-order chi connectivity index (χ1) is 5.29. The first-order valence-electron chi connectivity index (χ1n) is 4.43. The van der Waals surface area contributed by atoms with Gasteiger partial charge in [-0.15, -0.1) is 0 Å². The molecule has 2 unspecified atom stereocenters. The van der Waals surface area contributed by atoms with Crippen molar-refractivity contribution < 1.29 is 9.53 Å². The number of ketones is 1. The van der Waals surface area contributed by atoms with Gasteiger partial charge in [0, 0.05) is 18.9 Å². The van der Waals surface area contributed by atoms with Crippen molar-refractivity contribution in [3.63, 3.8) is 0 Å². The molecular weight excluding hydrogens is 140 g/mol. The normalized spacial score (nSPS) is 28.5. The van der Waals surface area contributed by atoms with E-state index in [1.807, 2.05) is 13.8 Å². The minimum absolute atomic E-state index is 0.245. The molecule has 0 aliphatic heterocycles. The average Bonchev–Trinajstić information content (AvgIpc) is 2.69. The Kier molecular flexibility index (Phi) is 3.06. The van der Waals surface area contributed by atoms with Gasteiger partial charge in [-0.1, -0.05) is 6.92 Å². The van der Waals surface area contributed by atoms with E-state index in [0.717, 1.165) is 25.9 Å². The number of ether oxygens (including phenoxy) is 1. The van der Waals surface area contributed by atoms with Crippen molar-refractivity contribution in [2.75, 3.05) is 6.61 Å². The third-order valence-electron chi connectivity index (χ3n) is 2.02. The van der Waals surface area contributed by atoms with Crippen LogP contribution >= 0.6 is 0 Å². The van der Waals surface area contributed by atoms with E-state index >= 15 is 0 Å². The summed E-state index contributed by atoms with van der Waals surface area (Å²) in [4.78, 5) is 11.2. The maximum atomic E-state index is 11.2.